The fourth-order valence-electron chi connectivity index (χ4n) is 10.1. The molecule has 0 N–H and O–H groups in total. The third kappa shape index (κ3) is 5.17. The average molecular weight is 533 g/mol. The molecule has 1 aromatic carbocycles. The van der Waals surface area contributed by atoms with Crippen LogP contribution in [0.5, 0.6) is 0 Å². The molecule has 0 aliphatic heterocycles. The van der Waals surface area contributed by atoms with Crippen molar-refractivity contribution >= 4 is 12.3 Å². The number of benzene rings is 1. The number of carbonyl (C=O) groups excluding carboxylic acids is 2. The number of allylic oxidation sites excluding steroid dienone is 1. The first-order valence-electron chi connectivity index (χ1n) is 16.0. The SMILES string of the molecule is CC(C)CCC[C@@H](C)[C@H]1CC[C@H]2[C@@H]3CC=C4C[C@@H](OC(=O)c5ccc(C=O)cc5)C[C@@H](C)[C@]4(C)[C@H]3CC[C@]12C. The first-order chi connectivity index (χ1) is 18.6. The van der Waals surface area contributed by atoms with Crippen LogP contribution < -0.4 is 0 Å². The highest BCUT2D eigenvalue weighted by Gasteiger charge is 2.60. The van der Waals surface area contributed by atoms with Gasteiger partial charge in [0, 0.05) is 12.0 Å². The van der Waals surface area contributed by atoms with Gasteiger partial charge in [-0.2, -0.15) is 0 Å². The summed E-state index contributed by atoms with van der Waals surface area (Å²) in [6.45, 7) is 14.9. The minimum atomic E-state index is -0.268. The maximum absolute atomic E-state index is 12.9. The Labute approximate surface area is 237 Å². The standard InChI is InChI=1S/C36H52O3/c1-23(2)8-7-9-24(3)31-16-17-32-30-15-14-28-21-29(39-34(38)27-12-10-26(22-37)11-13-27)20-25(4)36(28,6)33(30)18-19-35(31,32)5/h10-14,22-25,29-33H,7-9,15-21H2,1-6H3/t24-,25-,29+,30+,31-,32+,33+,35-,36+/m1/s1. The number of carbonyl (C=O) groups is 2. The zero-order valence-electron chi connectivity index (χ0n) is 25.4. The molecule has 9 atom stereocenters. The normalized spacial score (nSPS) is 38.3. The summed E-state index contributed by atoms with van der Waals surface area (Å²) in [5.41, 5.74) is 3.39. The summed E-state index contributed by atoms with van der Waals surface area (Å²) in [6.07, 6.45) is 16.1. The van der Waals surface area contributed by atoms with Crippen molar-refractivity contribution in [3.05, 3.63) is 47.0 Å². The largest absolute Gasteiger partial charge is 0.458 e. The molecule has 0 radical (unpaired) electrons. The third-order valence-corrected chi connectivity index (χ3v) is 12.4. The lowest BCUT2D eigenvalue weighted by Crippen LogP contribution is -2.53. The maximum atomic E-state index is 12.9. The summed E-state index contributed by atoms with van der Waals surface area (Å²) < 4.78 is 6.06. The van der Waals surface area contributed by atoms with Gasteiger partial charge in [-0.25, -0.2) is 4.79 Å². The van der Waals surface area contributed by atoms with Crippen molar-refractivity contribution in [1.29, 1.82) is 0 Å². The van der Waals surface area contributed by atoms with E-state index in [0.29, 0.717) is 22.5 Å². The Kier molecular flexibility index (Phi) is 8.20. The van der Waals surface area contributed by atoms with Crippen LogP contribution >= 0.6 is 0 Å². The lowest BCUT2D eigenvalue weighted by Gasteiger charge is -2.60. The Morgan fingerprint density at radius 1 is 1.05 bits per heavy atom. The molecule has 214 valence electrons. The predicted octanol–water partition coefficient (Wildman–Crippen LogP) is 9.31. The first-order valence-corrected chi connectivity index (χ1v) is 16.0. The molecular formula is C36H52O3. The Morgan fingerprint density at radius 2 is 1.79 bits per heavy atom. The van der Waals surface area contributed by atoms with Crippen molar-refractivity contribution in [2.45, 2.75) is 112 Å². The minimum Gasteiger partial charge on any atom is -0.458 e. The monoisotopic (exact) mass is 532 g/mol. The van der Waals surface area contributed by atoms with E-state index in [-0.39, 0.29) is 17.5 Å². The van der Waals surface area contributed by atoms with E-state index in [1.54, 1.807) is 29.8 Å². The van der Waals surface area contributed by atoms with Gasteiger partial charge in [-0.15, -0.1) is 0 Å². The number of ether oxygens (including phenoxy) is 1. The average Bonchev–Trinajstić information content (AvgIpc) is 3.26. The number of hydrogen-bond donors (Lipinski definition) is 0. The van der Waals surface area contributed by atoms with E-state index in [0.717, 1.165) is 54.6 Å². The van der Waals surface area contributed by atoms with Gasteiger partial charge in [-0.3, -0.25) is 4.79 Å². The summed E-state index contributed by atoms with van der Waals surface area (Å²) in [5.74, 6) is 5.21. The third-order valence-electron chi connectivity index (χ3n) is 12.4. The molecule has 39 heavy (non-hydrogen) atoms. The second-order valence-electron chi connectivity index (χ2n) is 14.8. The number of hydrogen-bond acceptors (Lipinski definition) is 3. The van der Waals surface area contributed by atoms with Gasteiger partial charge >= 0.3 is 5.97 Å². The molecule has 1 aromatic rings. The molecule has 3 nitrogen and oxygen atoms in total. The van der Waals surface area contributed by atoms with E-state index in [1.807, 2.05) is 0 Å². The van der Waals surface area contributed by atoms with Gasteiger partial charge in [-0.05, 0) is 103 Å². The summed E-state index contributed by atoms with van der Waals surface area (Å²) in [4.78, 5) is 23.9. The molecule has 3 saturated carbocycles. The van der Waals surface area contributed by atoms with E-state index in [1.165, 1.54) is 51.4 Å². The second-order valence-corrected chi connectivity index (χ2v) is 14.8. The molecule has 4 aliphatic rings. The van der Waals surface area contributed by atoms with Crippen LogP contribution in [0.1, 0.15) is 126 Å². The van der Waals surface area contributed by atoms with Crippen LogP contribution in [0.2, 0.25) is 0 Å². The van der Waals surface area contributed by atoms with E-state index in [2.05, 4.69) is 47.6 Å². The Balaban J connectivity index is 1.28. The molecule has 3 fully saturated rings. The summed E-state index contributed by atoms with van der Waals surface area (Å²) in [7, 11) is 0. The smallest absolute Gasteiger partial charge is 0.338 e. The highest BCUT2D eigenvalue weighted by atomic mass is 16.5. The van der Waals surface area contributed by atoms with Crippen LogP contribution in [0.25, 0.3) is 0 Å². The van der Waals surface area contributed by atoms with Crippen molar-refractivity contribution in [3.63, 3.8) is 0 Å². The zero-order chi connectivity index (χ0) is 27.9. The van der Waals surface area contributed by atoms with E-state index >= 15 is 0 Å². The molecule has 0 aromatic heterocycles. The van der Waals surface area contributed by atoms with E-state index in [4.69, 9.17) is 4.74 Å². The fourth-order valence-corrected chi connectivity index (χ4v) is 10.1. The van der Waals surface area contributed by atoms with Gasteiger partial charge in [0.25, 0.3) is 0 Å². The van der Waals surface area contributed by atoms with Crippen molar-refractivity contribution in [2.24, 2.45) is 52.3 Å². The quantitative estimate of drug-likeness (QED) is 0.190. The molecule has 0 unspecified atom stereocenters. The summed E-state index contributed by atoms with van der Waals surface area (Å²) >= 11 is 0. The molecule has 0 bridgehead atoms. The molecule has 0 heterocycles. The molecule has 0 spiro atoms. The van der Waals surface area contributed by atoms with Crippen LogP contribution in [-0.4, -0.2) is 18.4 Å². The summed E-state index contributed by atoms with van der Waals surface area (Å²) in [6, 6.07) is 6.77. The number of esters is 1. The van der Waals surface area contributed by atoms with Gasteiger partial charge in [-0.1, -0.05) is 84.6 Å². The van der Waals surface area contributed by atoms with Crippen LogP contribution in [0.4, 0.5) is 0 Å². The maximum Gasteiger partial charge on any atom is 0.338 e. The van der Waals surface area contributed by atoms with E-state index in [9.17, 15) is 9.59 Å². The van der Waals surface area contributed by atoms with Gasteiger partial charge in [0.05, 0.1) is 5.56 Å². The Bertz CT molecular complexity index is 1070. The molecule has 0 amide bonds. The molecule has 3 heteroatoms. The number of fused-ring (bicyclic) bond motifs is 5. The lowest BCUT2D eigenvalue weighted by molar-refractivity contribution is -0.0780. The fraction of sp³-hybridized carbons (Fsp3) is 0.722. The van der Waals surface area contributed by atoms with Crippen LogP contribution in [0, 0.1) is 52.3 Å². The minimum absolute atomic E-state index is 0.0643. The topological polar surface area (TPSA) is 43.4 Å². The zero-order valence-corrected chi connectivity index (χ0v) is 25.4. The van der Waals surface area contributed by atoms with Gasteiger partial charge < -0.3 is 4.74 Å². The van der Waals surface area contributed by atoms with Gasteiger partial charge in [0.2, 0.25) is 0 Å². The van der Waals surface area contributed by atoms with Gasteiger partial charge in [0.15, 0.2) is 0 Å². The second kappa shape index (κ2) is 11.2. The molecule has 5 rings (SSSR count). The summed E-state index contributed by atoms with van der Waals surface area (Å²) in [5, 5.41) is 0. The van der Waals surface area contributed by atoms with Crippen LogP contribution in [0.15, 0.2) is 35.9 Å². The van der Waals surface area contributed by atoms with Crippen molar-refractivity contribution < 1.29 is 14.3 Å². The number of rotatable bonds is 8. The van der Waals surface area contributed by atoms with Crippen molar-refractivity contribution in [3.8, 4) is 0 Å². The Morgan fingerprint density at radius 3 is 2.49 bits per heavy atom. The highest BCUT2D eigenvalue weighted by Crippen LogP contribution is 2.68. The lowest BCUT2D eigenvalue weighted by atomic mass is 9.45. The van der Waals surface area contributed by atoms with E-state index < -0.39 is 0 Å². The molecule has 0 saturated heterocycles. The highest BCUT2D eigenvalue weighted by molar-refractivity contribution is 5.90. The number of aldehydes is 1. The predicted molar refractivity (Wildman–Crippen MR) is 159 cm³/mol. The molecule has 4 aliphatic carbocycles. The van der Waals surface area contributed by atoms with Crippen molar-refractivity contribution in [2.75, 3.05) is 0 Å². The van der Waals surface area contributed by atoms with Crippen LogP contribution in [-0.2, 0) is 4.74 Å². The molecular weight excluding hydrogens is 480 g/mol. The first kappa shape index (κ1) is 28.6. The van der Waals surface area contributed by atoms with Gasteiger partial charge in [0.1, 0.15) is 12.4 Å². The Hall–Kier alpha value is -1.90. The van der Waals surface area contributed by atoms with Crippen LogP contribution in [0.3, 0.4) is 0 Å². The van der Waals surface area contributed by atoms with Crippen molar-refractivity contribution in [1.82, 2.24) is 0 Å².